The molecule has 110 valence electrons. The molecule has 1 aromatic carbocycles. The fourth-order valence-electron chi connectivity index (χ4n) is 1.57. The second-order valence-corrected chi connectivity index (χ2v) is 4.32. The summed E-state index contributed by atoms with van der Waals surface area (Å²) in [5, 5.41) is 2.93. The zero-order chi connectivity index (χ0) is 15.1. The number of esters is 1. The van der Waals surface area contributed by atoms with Gasteiger partial charge in [0.2, 0.25) is 5.91 Å². The highest BCUT2D eigenvalue weighted by Crippen LogP contribution is 2.11. The van der Waals surface area contributed by atoms with Crippen molar-refractivity contribution >= 4 is 11.9 Å². The smallest absolute Gasteiger partial charge is 0.340 e. The molecule has 0 heterocycles. The lowest BCUT2D eigenvalue weighted by molar-refractivity contribution is -0.128. The molecule has 0 aliphatic rings. The number of nitrogens with one attached hydrogen (secondary N) is 1. The summed E-state index contributed by atoms with van der Waals surface area (Å²) in [5.74, 6) is -1.37. The van der Waals surface area contributed by atoms with Crippen LogP contribution in [0.15, 0.2) is 18.2 Å². The van der Waals surface area contributed by atoms with Gasteiger partial charge in [0.25, 0.3) is 0 Å². The number of amides is 1. The third-order valence-electron chi connectivity index (χ3n) is 2.94. The van der Waals surface area contributed by atoms with Crippen LogP contribution >= 0.6 is 0 Å². The third kappa shape index (κ3) is 4.31. The van der Waals surface area contributed by atoms with Crippen LogP contribution in [0.25, 0.3) is 0 Å². The van der Waals surface area contributed by atoms with Crippen LogP contribution in [0.4, 0.5) is 4.39 Å². The van der Waals surface area contributed by atoms with Gasteiger partial charge in [0.05, 0.1) is 19.2 Å². The van der Waals surface area contributed by atoms with Crippen LogP contribution in [-0.2, 0) is 16.1 Å². The zero-order valence-corrected chi connectivity index (χ0v) is 11.9. The number of benzene rings is 1. The van der Waals surface area contributed by atoms with Gasteiger partial charge in [-0.3, -0.25) is 4.79 Å². The molecule has 1 amide bonds. The Morgan fingerprint density at radius 1 is 1.40 bits per heavy atom. The quantitative estimate of drug-likeness (QED) is 0.796. The molecule has 1 N–H and O–H groups in total. The van der Waals surface area contributed by atoms with Gasteiger partial charge in [0.1, 0.15) is 5.82 Å². The van der Waals surface area contributed by atoms with Crippen molar-refractivity contribution in [2.24, 2.45) is 0 Å². The Morgan fingerprint density at radius 3 is 2.65 bits per heavy atom. The van der Waals surface area contributed by atoms with Crippen molar-refractivity contribution in [3.63, 3.8) is 0 Å². The van der Waals surface area contributed by atoms with Crippen molar-refractivity contribution in [2.75, 3.05) is 27.2 Å². The Balaban J connectivity index is 2.56. The Hall–Kier alpha value is -1.95. The highest BCUT2D eigenvalue weighted by atomic mass is 19.1. The molecule has 0 unspecified atom stereocenters. The minimum Gasteiger partial charge on any atom is -0.465 e. The van der Waals surface area contributed by atoms with Gasteiger partial charge in [-0.1, -0.05) is 6.07 Å². The SMILES string of the molecule is CCN(C)C(=O)CNCc1ccc(C(=O)OC)c(F)c1. The molecule has 0 fully saturated rings. The molecule has 0 aromatic heterocycles. The molecule has 0 saturated heterocycles. The van der Waals surface area contributed by atoms with E-state index in [-0.39, 0.29) is 18.0 Å². The summed E-state index contributed by atoms with van der Waals surface area (Å²) < 4.78 is 18.1. The second-order valence-electron chi connectivity index (χ2n) is 4.32. The number of hydrogen-bond acceptors (Lipinski definition) is 4. The van der Waals surface area contributed by atoms with Crippen molar-refractivity contribution < 1.29 is 18.7 Å². The van der Waals surface area contributed by atoms with E-state index in [0.29, 0.717) is 18.7 Å². The van der Waals surface area contributed by atoms with E-state index in [9.17, 15) is 14.0 Å². The van der Waals surface area contributed by atoms with Gasteiger partial charge in [0.15, 0.2) is 0 Å². The summed E-state index contributed by atoms with van der Waals surface area (Å²) in [4.78, 5) is 24.4. The molecule has 0 bridgehead atoms. The van der Waals surface area contributed by atoms with Crippen molar-refractivity contribution in [2.45, 2.75) is 13.5 Å². The number of carbonyl (C=O) groups excluding carboxylic acids is 2. The summed E-state index contributed by atoms with van der Waals surface area (Å²) >= 11 is 0. The average molecular weight is 282 g/mol. The molecular weight excluding hydrogens is 263 g/mol. The maximum Gasteiger partial charge on any atom is 0.340 e. The normalized spacial score (nSPS) is 10.2. The van der Waals surface area contributed by atoms with Gasteiger partial charge in [0, 0.05) is 20.1 Å². The summed E-state index contributed by atoms with van der Waals surface area (Å²) in [7, 11) is 2.92. The lowest BCUT2D eigenvalue weighted by Crippen LogP contribution is -2.35. The molecule has 0 atom stereocenters. The van der Waals surface area contributed by atoms with E-state index in [1.54, 1.807) is 18.0 Å². The number of halogens is 1. The van der Waals surface area contributed by atoms with E-state index in [2.05, 4.69) is 10.1 Å². The number of methoxy groups -OCH3 is 1. The maximum atomic E-state index is 13.7. The molecular formula is C14H19FN2O3. The maximum absolute atomic E-state index is 13.7. The van der Waals surface area contributed by atoms with Gasteiger partial charge in [-0.25, -0.2) is 9.18 Å². The van der Waals surface area contributed by atoms with Crippen LogP contribution in [0.2, 0.25) is 0 Å². The van der Waals surface area contributed by atoms with Crippen molar-refractivity contribution in [3.8, 4) is 0 Å². The number of rotatable bonds is 6. The molecule has 0 aliphatic heterocycles. The van der Waals surface area contributed by atoms with E-state index in [1.807, 2.05) is 6.92 Å². The van der Waals surface area contributed by atoms with Crippen molar-refractivity contribution in [3.05, 3.63) is 35.1 Å². The van der Waals surface area contributed by atoms with Crippen LogP contribution in [0.1, 0.15) is 22.8 Å². The van der Waals surface area contributed by atoms with Crippen LogP contribution in [0, 0.1) is 5.82 Å². The number of carbonyl (C=O) groups is 2. The van der Waals surface area contributed by atoms with Crippen LogP contribution in [0.3, 0.4) is 0 Å². The minimum absolute atomic E-state index is 0.0286. The minimum atomic E-state index is -0.707. The summed E-state index contributed by atoms with van der Waals surface area (Å²) in [6.45, 7) is 3.06. The van der Waals surface area contributed by atoms with E-state index >= 15 is 0 Å². The lowest BCUT2D eigenvalue weighted by atomic mass is 10.1. The van der Waals surface area contributed by atoms with Gasteiger partial charge in [-0.15, -0.1) is 0 Å². The van der Waals surface area contributed by atoms with E-state index in [4.69, 9.17) is 0 Å². The molecule has 20 heavy (non-hydrogen) atoms. The molecule has 6 heteroatoms. The molecule has 1 rings (SSSR count). The molecule has 5 nitrogen and oxygen atoms in total. The van der Waals surface area contributed by atoms with Crippen LogP contribution in [0.5, 0.6) is 0 Å². The summed E-state index contributed by atoms with van der Waals surface area (Å²) in [6, 6.07) is 4.25. The fourth-order valence-corrected chi connectivity index (χ4v) is 1.57. The standard InChI is InChI=1S/C14H19FN2O3/c1-4-17(2)13(18)9-16-8-10-5-6-11(12(15)7-10)14(19)20-3/h5-7,16H,4,8-9H2,1-3H3. The molecule has 1 aromatic rings. The third-order valence-corrected chi connectivity index (χ3v) is 2.94. The number of likely N-dealkylation sites (N-methyl/N-ethyl adjacent to an activating group) is 1. The first-order valence-corrected chi connectivity index (χ1v) is 6.31. The molecule has 0 aliphatic carbocycles. The zero-order valence-electron chi connectivity index (χ0n) is 11.9. The second kappa shape index (κ2) is 7.59. The highest BCUT2D eigenvalue weighted by Gasteiger charge is 2.12. The average Bonchev–Trinajstić information content (AvgIpc) is 2.45. The van der Waals surface area contributed by atoms with E-state index in [0.717, 1.165) is 0 Å². The lowest BCUT2D eigenvalue weighted by Gasteiger charge is -2.14. The Kier molecular flexibility index (Phi) is 6.11. The molecule has 0 saturated carbocycles. The van der Waals surface area contributed by atoms with Gasteiger partial charge >= 0.3 is 5.97 Å². The van der Waals surface area contributed by atoms with E-state index in [1.165, 1.54) is 19.2 Å². The first kappa shape index (κ1) is 16.1. The summed E-state index contributed by atoms with van der Waals surface area (Å²) in [5.41, 5.74) is 0.556. The first-order valence-electron chi connectivity index (χ1n) is 6.31. The molecule has 0 spiro atoms. The Labute approximate surface area is 117 Å². The largest absolute Gasteiger partial charge is 0.465 e. The predicted octanol–water partition coefficient (Wildman–Crippen LogP) is 1.18. The Morgan fingerprint density at radius 2 is 2.10 bits per heavy atom. The highest BCUT2D eigenvalue weighted by molar-refractivity contribution is 5.89. The number of hydrogen-bond donors (Lipinski definition) is 1. The van der Waals surface area contributed by atoms with Gasteiger partial charge in [-0.2, -0.15) is 0 Å². The van der Waals surface area contributed by atoms with Crippen molar-refractivity contribution in [1.82, 2.24) is 10.2 Å². The van der Waals surface area contributed by atoms with E-state index < -0.39 is 11.8 Å². The number of ether oxygens (including phenoxy) is 1. The summed E-state index contributed by atoms with van der Waals surface area (Å²) in [6.07, 6.45) is 0. The number of nitrogens with zero attached hydrogens (tertiary/aromatic N) is 1. The first-order chi connectivity index (χ1) is 9.49. The van der Waals surface area contributed by atoms with Gasteiger partial charge in [-0.05, 0) is 24.6 Å². The van der Waals surface area contributed by atoms with Crippen LogP contribution < -0.4 is 5.32 Å². The van der Waals surface area contributed by atoms with Gasteiger partial charge < -0.3 is 15.0 Å². The van der Waals surface area contributed by atoms with Crippen molar-refractivity contribution in [1.29, 1.82) is 0 Å². The topological polar surface area (TPSA) is 58.6 Å². The Bertz CT molecular complexity index is 491. The molecule has 0 radical (unpaired) electrons. The monoisotopic (exact) mass is 282 g/mol. The van der Waals surface area contributed by atoms with Crippen LogP contribution in [-0.4, -0.2) is 44.0 Å². The fraction of sp³-hybridized carbons (Fsp3) is 0.429. The predicted molar refractivity (Wildman–Crippen MR) is 72.8 cm³/mol.